The molecular formula is C12H17F2O4-. The SMILES string of the molecule is CC(C)(OC(=O)C1CCCCC1)C(F)(F)C(=O)[O-]. The molecule has 0 radical (unpaired) electrons. The molecule has 0 aromatic carbocycles. The van der Waals surface area contributed by atoms with E-state index in [1.807, 2.05) is 0 Å². The fourth-order valence-electron chi connectivity index (χ4n) is 1.98. The van der Waals surface area contributed by atoms with E-state index in [9.17, 15) is 23.5 Å². The first kappa shape index (κ1) is 14.9. The maximum absolute atomic E-state index is 13.3. The summed E-state index contributed by atoms with van der Waals surface area (Å²) in [5, 5.41) is 10.4. The molecule has 1 aliphatic rings. The van der Waals surface area contributed by atoms with Crippen molar-refractivity contribution in [1.29, 1.82) is 0 Å². The van der Waals surface area contributed by atoms with Crippen molar-refractivity contribution in [2.24, 2.45) is 5.92 Å². The molecule has 0 heterocycles. The van der Waals surface area contributed by atoms with Gasteiger partial charge in [-0.1, -0.05) is 19.3 Å². The third-order valence-corrected chi connectivity index (χ3v) is 3.31. The van der Waals surface area contributed by atoms with Gasteiger partial charge in [0, 0.05) is 0 Å². The van der Waals surface area contributed by atoms with Crippen LogP contribution in [0.25, 0.3) is 0 Å². The number of carboxylic acids is 1. The highest BCUT2D eigenvalue weighted by Gasteiger charge is 2.52. The van der Waals surface area contributed by atoms with Crippen molar-refractivity contribution in [3.8, 4) is 0 Å². The van der Waals surface area contributed by atoms with Crippen LogP contribution in [-0.4, -0.2) is 23.5 Å². The monoisotopic (exact) mass is 263 g/mol. The van der Waals surface area contributed by atoms with E-state index in [0.29, 0.717) is 12.8 Å². The molecule has 0 atom stereocenters. The van der Waals surface area contributed by atoms with Gasteiger partial charge in [0.15, 0.2) is 5.60 Å². The summed E-state index contributed by atoms with van der Waals surface area (Å²) >= 11 is 0. The van der Waals surface area contributed by atoms with Crippen molar-refractivity contribution in [3.05, 3.63) is 0 Å². The van der Waals surface area contributed by atoms with Gasteiger partial charge in [-0.25, -0.2) is 0 Å². The number of carbonyl (C=O) groups excluding carboxylic acids is 2. The number of carboxylic acid groups (broad SMARTS) is 1. The minimum absolute atomic E-state index is 0.407. The zero-order valence-corrected chi connectivity index (χ0v) is 10.5. The minimum Gasteiger partial charge on any atom is -0.544 e. The Morgan fingerprint density at radius 1 is 1.17 bits per heavy atom. The number of carbonyl (C=O) groups is 2. The fourth-order valence-corrected chi connectivity index (χ4v) is 1.98. The molecule has 0 N–H and O–H groups in total. The van der Waals surface area contributed by atoms with Crippen molar-refractivity contribution in [2.45, 2.75) is 57.5 Å². The number of hydrogen-bond donors (Lipinski definition) is 0. The minimum atomic E-state index is -4.21. The smallest absolute Gasteiger partial charge is 0.325 e. The number of alkyl halides is 2. The van der Waals surface area contributed by atoms with Crippen LogP contribution < -0.4 is 5.11 Å². The first-order valence-electron chi connectivity index (χ1n) is 6.00. The lowest BCUT2D eigenvalue weighted by atomic mass is 9.89. The summed E-state index contributed by atoms with van der Waals surface area (Å²) in [5.74, 6) is -7.91. The van der Waals surface area contributed by atoms with Gasteiger partial charge in [0.05, 0.1) is 5.92 Å². The maximum atomic E-state index is 13.3. The largest absolute Gasteiger partial charge is 0.544 e. The summed E-state index contributed by atoms with van der Waals surface area (Å²) in [5.41, 5.74) is -2.40. The number of ether oxygens (including phenoxy) is 1. The van der Waals surface area contributed by atoms with Gasteiger partial charge in [0.25, 0.3) is 0 Å². The Balaban J connectivity index is 2.70. The number of halogens is 2. The second-order valence-electron chi connectivity index (χ2n) is 5.13. The Labute approximate surface area is 104 Å². The molecule has 0 spiro atoms. The fraction of sp³-hybridized carbons (Fsp3) is 0.833. The van der Waals surface area contributed by atoms with Gasteiger partial charge in [0.2, 0.25) is 0 Å². The average Bonchev–Trinajstić information content (AvgIpc) is 2.29. The first-order chi connectivity index (χ1) is 8.18. The normalized spacial score (nSPS) is 18.4. The molecule has 0 amide bonds. The first-order valence-corrected chi connectivity index (χ1v) is 6.00. The van der Waals surface area contributed by atoms with E-state index in [2.05, 4.69) is 0 Å². The highest BCUT2D eigenvalue weighted by Crippen LogP contribution is 2.34. The van der Waals surface area contributed by atoms with Crippen LogP contribution in [0.15, 0.2) is 0 Å². The lowest BCUT2D eigenvalue weighted by molar-refractivity contribution is -0.342. The Bertz CT molecular complexity index is 333. The second kappa shape index (κ2) is 5.20. The summed E-state index contributed by atoms with van der Waals surface area (Å²) in [6.07, 6.45) is 3.94. The van der Waals surface area contributed by atoms with Crippen molar-refractivity contribution in [1.82, 2.24) is 0 Å². The summed E-state index contributed by atoms with van der Waals surface area (Å²) in [6, 6.07) is 0. The second-order valence-corrected chi connectivity index (χ2v) is 5.13. The van der Waals surface area contributed by atoms with Crippen LogP contribution in [0.3, 0.4) is 0 Å². The zero-order chi connectivity index (χ0) is 14.0. The molecule has 1 aliphatic carbocycles. The van der Waals surface area contributed by atoms with E-state index < -0.39 is 29.4 Å². The van der Waals surface area contributed by atoms with Crippen LogP contribution in [-0.2, 0) is 14.3 Å². The molecule has 4 nitrogen and oxygen atoms in total. The molecule has 0 saturated heterocycles. The molecule has 1 saturated carbocycles. The zero-order valence-electron chi connectivity index (χ0n) is 10.5. The molecule has 0 bridgehead atoms. The average molecular weight is 263 g/mol. The van der Waals surface area contributed by atoms with Crippen molar-refractivity contribution >= 4 is 11.9 Å². The van der Waals surface area contributed by atoms with Gasteiger partial charge in [-0.15, -0.1) is 0 Å². The number of aliphatic carboxylic acids is 1. The molecule has 0 aromatic rings. The topological polar surface area (TPSA) is 66.4 Å². The van der Waals surface area contributed by atoms with Crippen molar-refractivity contribution < 1.29 is 28.2 Å². The Morgan fingerprint density at radius 2 is 1.67 bits per heavy atom. The predicted octanol–water partition coefficient (Wildman–Crippen LogP) is 1.27. The molecule has 18 heavy (non-hydrogen) atoms. The number of hydrogen-bond acceptors (Lipinski definition) is 4. The van der Waals surface area contributed by atoms with Crippen LogP contribution in [0.1, 0.15) is 46.0 Å². The van der Waals surface area contributed by atoms with E-state index in [4.69, 9.17) is 4.74 Å². The van der Waals surface area contributed by atoms with Gasteiger partial charge in [0.1, 0.15) is 5.97 Å². The van der Waals surface area contributed by atoms with Gasteiger partial charge in [-0.05, 0) is 26.7 Å². The Kier molecular flexibility index (Phi) is 4.29. The summed E-state index contributed by atoms with van der Waals surface area (Å²) < 4.78 is 31.3. The van der Waals surface area contributed by atoms with E-state index in [1.165, 1.54) is 0 Å². The van der Waals surface area contributed by atoms with Crippen LogP contribution in [0.5, 0.6) is 0 Å². The lowest BCUT2D eigenvalue weighted by Gasteiger charge is -2.35. The molecule has 0 unspecified atom stereocenters. The van der Waals surface area contributed by atoms with Crippen LogP contribution in [0.4, 0.5) is 8.78 Å². The van der Waals surface area contributed by atoms with Crippen LogP contribution in [0.2, 0.25) is 0 Å². The lowest BCUT2D eigenvalue weighted by Crippen LogP contribution is -2.57. The molecular weight excluding hydrogens is 246 g/mol. The van der Waals surface area contributed by atoms with Crippen molar-refractivity contribution in [2.75, 3.05) is 0 Å². The van der Waals surface area contributed by atoms with E-state index >= 15 is 0 Å². The van der Waals surface area contributed by atoms with E-state index in [0.717, 1.165) is 33.1 Å². The summed E-state index contributed by atoms with van der Waals surface area (Å²) in [4.78, 5) is 22.1. The molecule has 0 aromatic heterocycles. The molecule has 104 valence electrons. The van der Waals surface area contributed by atoms with Crippen LogP contribution in [0, 0.1) is 5.92 Å². The maximum Gasteiger partial charge on any atom is 0.325 e. The third kappa shape index (κ3) is 2.97. The Morgan fingerprint density at radius 3 is 2.11 bits per heavy atom. The molecule has 6 heteroatoms. The highest BCUT2D eigenvalue weighted by atomic mass is 19.3. The standard InChI is InChI=1S/C12H18F2O4/c1-11(2,12(13,14)10(16)17)18-9(15)8-6-4-3-5-7-8/h8H,3-7H2,1-2H3,(H,16,17)/p-1. The number of esters is 1. The third-order valence-electron chi connectivity index (χ3n) is 3.31. The molecule has 1 fully saturated rings. The van der Waals surface area contributed by atoms with E-state index in [-0.39, 0.29) is 0 Å². The van der Waals surface area contributed by atoms with Crippen LogP contribution >= 0.6 is 0 Å². The molecule has 0 aliphatic heterocycles. The summed E-state index contributed by atoms with van der Waals surface area (Å²) in [7, 11) is 0. The highest BCUT2D eigenvalue weighted by molar-refractivity contribution is 5.77. The van der Waals surface area contributed by atoms with Gasteiger partial charge >= 0.3 is 11.9 Å². The molecule has 1 rings (SSSR count). The van der Waals surface area contributed by atoms with Gasteiger partial charge in [-0.3, -0.25) is 4.79 Å². The Hall–Kier alpha value is -1.20. The van der Waals surface area contributed by atoms with Gasteiger partial charge < -0.3 is 14.6 Å². The summed E-state index contributed by atoms with van der Waals surface area (Å²) in [6.45, 7) is 1.76. The van der Waals surface area contributed by atoms with E-state index in [1.54, 1.807) is 0 Å². The quantitative estimate of drug-likeness (QED) is 0.716. The van der Waals surface area contributed by atoms with Crippen molar-refractivity contribution in [3.63, 3.8) is 0 Å². The van der Waals surface area contributed by atoms with Gasteiger partial charge in [-0.2, -0.15) is 8.78 Å². The number of rotatable bonds is 4. The predicted molar refractivity (Wildman–Crippen MR) is 56.7 cm³/mol.